The van der Waals surface area contributed by atoms with E-state index in [1.165, 1.54) is 50.3 Å². The summed E-state index contributed by atoms with van der Waals surface area (Å²) in [5, 5.41) is 0. The Morgan fingerprint density at radius 2 is 1.42 bits per heavy atom. The fourth-order valence-corrected chi connectivity index (χ4v) is 4.81. The van der Waals surface area contributed by atoms with E-state index in [-0.39, 0.29) is 0 Å². The summed E-state index contributed by atoms with van der Waals surface area (Å²) in [4.78, 5) is 2.72. The molecule has 0 aromatic heterocycles. The van der Waals surface area contributed by atoms with Crippen LogP contribution in [0.15, 0.2) is 0 Å². The molecule has 0 aromatic rings. The maximum atomic E-state index is 2.72. The molecule has 2 fully saturated rings. The van der Waals surface area contributed by atoms with E-state index >= 15 is 0 Å². The van der Waals surface area contributed by atoms with E-state index in [9.17, 15) is 0 Å². The van der Waals surface area contributed by atoms with E-state index in [2.05, 4.69) is 26.5 Å². The third kappa shape index (κ3) is 2.33. The molecule has 0 spiro atoms. The van der Waals surface area contributed by atoms with Gasteiger partial charge in [-0.2, -0.15) is 0 Å². The highest BCUT2D eigenvalue weighted by molar-refractivity contribution is 8.77. The molecule has 0 amide bonds. The van der Waals surface area contributed by atoms with Crippen LogP contribution >= 0.6 is 21.6 Å². The van der Waals surface area contributed by atoms with E-state index in [0.29, 0.717) is 0 Å². The first-order valence-corrected chi connectivity index (χ1v) is 7.44. The molecule has 0 atom stereocenters. The third-order valence-electron chi connectivity index (χ3n) is 2.76. The van der Waals surface area contributed by atoms with Crippen LogP contribution in [0, 0.1) is 0 Å². The van der Waals surface area contributed by atoms with E-state index in [4.69, 9.17) is 0 Å². The van der Waals surface area contributed by atoms with Gasteiger partial charge in [0.25, 0.3) is 0 Å². The summed E-state index contributed by atoms with van der Waals surface area (Å²) in [5.74, 6) is 2.73. The lowest BCUT2D eigenvalue weighted by atomic mass is 10.2. The molecule has 2 rings (SSSR count). The lowest BCUT2D eigenvalue weighted by Crippen LogP contribution is -2.37. The number of rotatable bonds is 1. The van der Waals surface area contributed by atoms with E-state index in [1.807, 2.05) is 0 Å². The van der Waals surface area contributed by atoms with Gasteiger partial charge in [-0.25, -0.2) is 0 Å². The lowest BCUT2D eigenvalue weighted by molar-refractivity contribution is 0.239. The molecule has 2 saturated heterocycles. The van der Waals surface area contributed by atoms with Crippen LogP contribution in [0.4, 0.5) is 0 Å². The molecule has 1 nitrogen and oxygen atoms in total. The maximum Gasteiger partial charge on any atom is 0.0293 e. The molecule has 12 heavy (non-hydrogen) atoms. The van der Waals surface area contributed by atoms with Crippen LogP contribution in [0.1, 0.15) is 25.7 Å². The molecule has 3 heteroatoms. The van der Waals surface area contributed by atoms with Crippen LogP contribution in [0.5, 0.6) is 0 Å². The van der Waals surface area contributed by atoms with Crippen LogP contribution in [0.2, 0.25) is 0 Å². The zero-order valence-corrected chi connectivity index (χ0v) is 9.13. The largest absolute Gasteiger partial charge is 0.299 e. The quantitative estimate of drug-likeness (QED) is 0.603. The van der Waals surface area contributed by atoms with Crippen LogP contribution < -0.4 is 0 Å². The first-order valence-electron chi connectivity index (χ1n) is 4.95. The van der Waals surface area contributed by atoms with E-state index in [1.54, 1.807) is 0 Å². The molecule has 0 aromatic carbocycles. The summed E-state index contributed by atoms with van der Waals surface area (Å²) >= 11 is 0. The predicted molar refractivity (Wildman–Crippen MR) is 58.7 cm³/mol. The summed E-state index contributed by atoms with van der Waals surface area (Å²) in [6.07, 6.45) is 5.80. The monoisotopic (exact) mass is 203 g/mol. The minimum absolute atomic E-state index is 0.901. The Morgan fingerprint density at radius 3 is 2.00 bits per heavy atom. The summed E-state index contributed by atoms with van der Waals surface area (Å²) in [6, 6.07) is 0.901. The first kappa shape index (κ1) is 9.22. The molecular weight excluding hydrogens is 186 g/mol. The Labute approximate surface area is 83.1 Å². The van der Waals surface area contributed by atoms with Crippen molar-refractivity contribution in [1.82, 2.24) is 4.90 Å². The first-order chi connectivity index (χ1) is 5.97. The number of hydrogen-bond acceptors (Lipinski definition) is 3. The van der Waals surface area contributed by atoms with Gasteiger partial charge in [0, 0.05) is 17.5 Å². The fourth-order valence-electron chi connectivity index (χ4n) is 1.97. The third-order valence-corrected chi connectivity index (χ3v) is 5.29. The van der Waals surface area contributed by atoms with Gasteiger partial charge in [0.05, 0.1) is 0 Å². The Balaban J connectivity index is 1.83. The summed E-state index contributed by atoms with van der Waals surface area (Å²) < 4.78 is 0. The molecule has 2 aliphatic rings. The molecule has 0 saturated carbocycles. The van der Waals surface area contributed by atoms with Crippen LogP contribution in [-0.4, -0.2) is 35.5 Å². The molecule has 2 aliphatic heterocycles. The average molecular weight is 203 g/mol. The predicted octanol–water partition coefficient (Wildman–Crippen LogP) is 2.63. The standard InChI is InChI=1S/C9H17NS2/c1-2-4-6-10(5-3-1)9-7-11-12-8-9/h9H,1-8H2. The second-order valence-electron chi connectivity index (χ2n) is 3.67. The van der Waals surface area contributed by atoms with Crippen molar-refractivity contribution >= 4 is 21.6 Å². The zero-order chi connectivity index (χ0) is 8.23. The maximum absolute atomic E-state index is 2.72. The van der Waals surface area contributed by atoms with Gasteiger partial charge in [0.15, 0.2) is 0 Å². The zero-order valence-electron chi connectivity index (χ0n) is 7.50. The van der Waals surface area contributed by atoms with Crippen LogP contribution in [0.25, 0.3) is 0 Å². The summed E-state index contributed by atoms with van der Waals surface area (Å²) in [6.45, 7) is 2.73. The van der Waals surface area contributed by atoms with Crippen molar-refractivity contribution in [2.45, 2.75) is 31.7 Å². The van der Waals surface area contributed by atoms with Gasteiger partial charge in [-0.3, -0.25) is 4.90 Å². The minimum atomic E-state index is 0.901. The molecule has 2 heterocycles. The van der Waals surface area contributed by atoms with E-state index < -0.39 is 0 Å². The van der Waals surface area contributed by atoms with Crippen molar-refractivity contribution in [2.24, 2.45) is 0 Å². The normalized spacial score (nSPS) is 29.0. The molecule has 0 aliphatic carbocycles. The molecule has 0 N–H and O–H groups in total. The van der Waals surface area contributed by atoms with Gasteiger partial charge in [-0.05, 0) is 25.9 Å². The minimum Gasteiger partial charge on any atom is -0.299 e. The lowest BCUT2D eigenvalue weighted by Gasteiger charge is -2.25. The Hall–Kier alpha value is 0.660. The number of nitrogens with zero attached hydrogens (tertiary/aromatic N) is 1. The van der Waals surface area contributed by atoms with Gasteiger partial charge < -0.3 is 0 Å². The molecule has 0 radical (unpaired) electrons. The Bertz CT molecular complexity index is 126. The second kappa shape index (κ2) is 4.77. The second-order valence-corrected chi connectivity index (χ2v) is 6.23. The van der Waals surface area contributed by atoms with Gasteiger partial charge in [0.1, 0.15) is 0 Å². The van der Waals surface area contributed by atoms with Crippen LogP contribution in [-0.2, 0) is 0 Å². The van der Waals surface area contributed by atoms with Crippen LogP contribution in [0.3, 0.4) is 0 Å². The van der Waals surface area contributed by atoms with Gasteiger partial charge in [-0.15, -0.1) is 0 Å². The fraction of sp³-hybridized carbons (Fsp3) is 1.00. The van der Waals surface area contributed by atoms with Crippen molar-refractivity contribution in [3.05, 3.63) is 0 Å². The van der Waals surface area contributed by atoms with Gasteiger partial charge >= 0.3 is 0 Å². The van der Waals surface area contributed by atoms with Crippen molar-refractivity contribution in [1.29, 1.82) is 0 Å². The summed E-state index contributed by atoms with van der Waals surface area (Å²) in [7, 11) is 4.12. The molecule has 0 unspecified atom stereocenters. The highest BCUT2D eigenvalue weighted by Gasteiger charge is 2.23. The Kier molecular flexibility index (Phi) is 3.67. The smallest absolute Gasteiger partial charge is 0.0293 e. The Morgan fingerprint density at radius 1 is 0.833 bits per heavy atom. The molecular formula is C9H17NS2. The van der Waals surface area contributed by atoms with Gasteiger partial charge in [0.2, 0.25) is 0 Å². The van der Waals surface area contributed by atoms with Crippen molar-refractivity contribution in [2.75, 3.05) is 24.6 Å². The highest BCUT2D eigenvalue weighted by Crippen LogP contribution is 2.33. The average Bonchev–Trinajstić information content (AvgIpc) is 2.48. The van der Waals surface area contributed by atoms with Crippen molar-refractivity contribution in [3.63, 3.8) is 0 Å². The topological polar surface area (TPSA) is 3.24 Å². The molecule has 0 bridgehead atoms. The SMILES string of the molecule is C1CCCN(C2CSSC2)CC1. The number of likely N-dealkylation sites (tertiary alicyclic amines) is 1. The summed E-state index contributed by atoms with van der Waals surface area (Å²) in [5.41, 5.74) is 0. The van der Waals surface area contributed by atoms with Crippen molar-refractivity contribution in [3.8, 4) is 0 Å². The molecule has 70 valence electrons. The van der Waals surface area contributed by atoms with E-state index in [0.717, 1.165) is 6.04 Å². The highest BCUT2D eigenvalue weighted by atomic mass is 33.1. The van der Waals surface area contributed by atoms with Gasteiger partial charge in [-0.1, -0.05) is 34.4 Å². The van der Waals surface area contributed by atoms with Crippen molar-refractivity contribution < 1.29 is 0 Å². The number of hydrogen-bond donors (Lipinski definition) is 0.